The second-order valence-corrected chi connectivity index (χ2v) is 3.75. The first-order valence-corrected chi connectivity index (χ1v) is 5.22. The first kappa shape index (κ1) is 10.7. The zero-order chi connectivity index (χ0) is 11.5. The number of carbonyl (C=O) groups excluding carboxylic acids is 1. The summed E-state index contributed by atoms with van der Waals surface area (Å²) in [5, 5.41) is 2.75. The highest BCUT2D eigenvalue weighted by atomic mass is 19.1. The van der Waals surface area contributed by atoms with Crippen molar-refractivity contribution >= 4 is 17.2 Å². The average Bonchev–Trinajstić information content (AvgIpc) is 2.47. The first-order valence-electron chi connectivity index (χ1n) is 5.22. The molecule has 0 saturated heterocycles. The number of nitrogens with one attached hydrogen (secondary N) is 1. The molecule has 0 atom stereocenters. The van der Waals surface area contributed by atoms with Crippen molar-refractivity contribution in [3.05, 3.63) is 35.7 Å². The summed E-state index contributed by atoms with van der Waals surface area (Å²) >= 11 is 0. The number of nitrogen functional groups attached to an aromatic ring is 1. The van der Waals surface area contributed by atoms with Crippen molar-refractivity contribution in [2.45, 2.75) is 12.8 Å². The summed E-state index contributed by atoms with van der Waals surface area (Å²) in [5.41, 5.74) is 7.11. The van der Waals surface area contributed by atoms with Gasteiger partial charge in [-0.2, -0.15) is 0 Å². The van der Waals surface area contributed by atoms with E-state index in [1.807, 2.05) is 6.08 Å². The molecule has 0 unspecified atom stereocenters. The Kier molecular flexibility index (Phi) is 2.90. The molecule has 0 bridgehead atoms. The average molecular weight is 220 g/mol. The fourth-order valence-corrected chi connectivity index (χ4v) is 1.73. The van der Waals surface area contributed by atoms with Crippen LogP contribution in [0.3, 0.4) is 0 Å². The molecule has 16 heavy (non-hydrogen) atoms. The summed E-state index contributed by atoms with van der Waals surface area (Å²) in [5.74, 6) is -0.572. The maximum absolute atomic E-state index is 13.1. The van der Waals surface area contributed by atoms with Crippen LogP contribution in [0.4, 0.5) is 10.1 Å². The van der Waals surface area contributed by atoms with Crippen molar-refractivity contribution in [2.24, 2.45) is 0 Å². The minimum atomic E-state index is -0.387. The van der Waals surface area contributed by atoms with Gasteiger partial charge < -0.3 is 11.1 Å². The van der Waals surface area contributed by atoms with Gasteiger partial charge in [-0.3, -0.25) is 4.79 Å². The molecule has 84 valence electrons. The molecule has 1 aliphatic rings. The lowest BCUT2D eigenvalue weighted by atomic mass is 10.0. The van der Waals surface area contributed by atoms with Gasteiger partial charge in [-0.25, -0.2) is 4.39 Å². The van der Waals surface area contributed by atoms with Gasteiger partial charge in [-0.05, 0) is 31.0 Å². The van der Waals surface area contributed by atoms with E-state index in [2.05, 4.69) is 5.32 Å². The molecule has 1 aromatic rings. The number of hydrogen-bond donors (Lipinski definition) is 2. The molecular formula is C12H13FN2O. The fraction of sp³-hybridized carbons (Fsp3) is 0.250. The number of allylic oxidation sites excluding steroid dienone is 1. The topological polar surface area (TPSA) is 55.1 Å². The predicted molar refractivity (Wildman–Crippen MR) is 61.0 cm³/mol. The second kappa shape index (κ2) is 4.35. The SMILES string of the molecule is Nc1ccc(F)cc1C1=CCCCNC1=O. The van der Waals surface area contributed by atoms with E-state index in [4.69, 9.17) is 5.73 Å². The van der Waals surface area contributed by atoms with E-state index in [1.165, 1.54) is 18.2 Å². The summed E-state index contributed by atoms with van der Waals surface area (Å²) in [6, 6.07) is 4.06. The zero-order valence-electron chi connectivity index (χ0n) is 8.79. The van der Waals surface area contributed by atoms with Crippen molar-refractivity contribution in [2.75, 3.05) is 12.3 Å². The summed E-state index contributed by atoms with van der Waals surface area (Å²) in [6.45, 7) is 0.647. The summed E-state index contributed by atoms with van der Waals surface area (Å²) < 4.78 is 13.1. The Hall–Kier alpha value is -1.84. The Morgan fingerprint density at radius 2 is 2.19 bits per heavy atom. The maximum Gasteiger partial charge on any atom is 0.251 e. The molecule has 1 amide bonds. The number of anilines is 1. The van der Waals surface area contributed by atoms with E-state index in [9.17, 15) is 9.18 Å². The maximum atomic E-state index is 13.1. The third-order valence-electron chi connectivity index (χ3n) is 2.57. The summed E-state index contributed by atoms with van der Waals surface area (Å²) in [6.07, 6.45) is 3.50. The molecular weight excluding hydrogens is 207 g/mol. The minimum Gasteiger partial charge on any atom is -0.398 e. The van der Waals surface area contributed by atoms with Crippen LogP contribution in [0.25, 0.3) is 5.57 Å². The van der Waals surface area contributed by atoms with E-state index < -0.39 is 0 Å². The normalized spacial score (nSPS) is 16.3. The van der Waals surface area contributed by atoms with Crippen LogP contribution < -0.4 is 11.1 Å². The molecule has 1 heterocycles. The van der Waals surface area contributed by atoms with Crippen molar-refractivity contribution in [1.29, 1.82) is 0 Å². The summed E-state index contributed by atoms with van der Waals surface area (Å²) in [4.78, 5) is 11.7. The Morgan fingerprint density at radius 1 is 1.38 bits per heavy atom. The molecule has 3 nitrogen and oxygen atoms in total. The number of carbonyl (C=O) groups is 1. The highest BCUT2D eigenvalue weighted by Crippen LogP contribution is 2.24. The van der Waals surface area contributed by atoms with Crippen LogP contribution in [-0.2, 0) is 4.79 Å². The number of benzene rings is 1. The standard InChI is InChI=1S/C12H13FN2O/c13-8-4-5-11(14)10(7-8)9-3-1-2-6-15-12(9)16/h3-5,7H,1-2,6,14H2,(H,15,16). The van der Waals surface area contributed by atoms with Crippen molar-refractivity contribution < 1.29 is 9.18 Å². The van der Waals surface area contributed by atoms with Gasteiger partial charge in [0.25, 0.3) is 5.91 Å². The number of nitrogens with two attached hydrogens (primary N) is 1. The molecule has 0 spiro atoms. The molecule has 2 rings (SSSR count). The largest absolute Gasteiger partial charge is 0.398 e. The van der Waals surface area contributed by atoms with Crippen LogP contribution in [0.5, 0.6) is 0 Å². The van der Waals surface area contributed by atoms with E-state index in [0.29, 0.717) is 23.4 Å². The van der Waals surface area contributed by atoms with Gasteiger partial charge in [0.05, 0.1) is 0 Å². The van der Waals surface area contributed by atoms with Crippen molar-refractivity contribution in [3.8, 4) is 0 Å². The summed E-state index contributed by atoms with van der Waals surface area (Å²) in [7, 11) is 0. The quantitative estimate of drug-likeness (QED) is 0.708. The van der Waals surface area contributed by atoms with Gasteiger partial charge in [0.1, 0.15) is 5.82 Å². The Morgan fingerprint density at radius 3 is 3.00 bits per heavy atom. The monoisotopic (exact) mass is 220 g/mol. The first-order chi connectivity index (χ1) is 7.68. The fourth-order valence-electron chi connectivity index (χ4n) is 1.73. The van der Waals surface area contributed by atoms with Crippen LogP contribution in [0.15, 0.2) is 24.3 Å². The molecule has 1 aliphatic heterocycles. The number of amides is 1. The molecule has 0 fully saturated rings. The minimum absolute atomic E-state index is 0.185. The van der Waals surface area contributed by atoms with Gasteiger partial charge in [-0.15, -0.1) is 0 Å². The number of halogens is 1. The van der Waals surface area contributed by atoms with Crippen LogP contribution in [0, 0.1) is 5.82 Å². The molecule has 0 aliphatic carbocycles. The Balaban J connectivity index is 2.45. The molecule has 0 saturated carbocycles. The van der Waals surface area contributed by atoms with Gasteiger partial charge in [0.15, 0.2) is 0 Å². The Bertz CT molecular complexity index is 454. The second-order valence-electron chi connectivity index (χ2n) is 3.75. The third kappa shape index (κ3) is 2.05. The van der Waals surface area contributed by atoms with Gasteiger partial charge in [-0.1, -0.05) is 6.08 Å². The lowest BCUT2D eigenvalue weighted by Gasteiger charge is -2.08. The van der Waals surface area contributed by atoms with E-state index in [-0.39, 0.29) is 11.7 Å². The lowest BCUT2D eigenvalue weighted by molar-refractivity contribution is -0.115. The van der Waals surface area contributed by atoms with Crippen LogP contribution >= 0.6 is 0 Å². The predicted octanol–water partition coefficient (Wildman–Crippen LogP) is 1.70. The van der Waals surface area contributed by atoms with Crippen molar-refractivity contribution in [1.82, 2.24) is 5.32 Å². The van der Waals surface area contributed by atoms with Gasteiger partial charge in [0, 0.05) is 23.4 Å². The molecule has 1 aromatic carbocycles. The smallest absolute Gasteiger partial charge is 0.251 e. The molecule has 0 radical (unpaired) electrons. The van der Waals surface area contributed by atoms with Gasteiger partial charge >= 0.3 is 0 Å². The molecule has 4 heteroatoms. The van der Waals surface area contributed by atoms with Crippen LogP contribution in [0.1, 0.15) is 18.4 Å². The van der Waals surface area contributed by atoms with E-state index >= 15 is 0 Å². The zero-order valence-corrected chi connectivity index (χ0v) is 8.79. The number of hydrogen-bond acceptors (Lipinski definition) is 2. The van der Waals surface area contributed by atoms with Crippen LogP contribution in [0.2, 0.25) is 0 Å². The highest BCUT2D eigenvalue weighted by molar-refractivity contribution is 6.21. The highest BCUT2D eigenvalue weighted by Gasteiger charge is 2.16. The van der Waals surface area contributed by atoms with E-state index in [1.54, 1.807) is 0 Å². The molecule has 3 N–H and O–H groups in total. The lowest BCUT2D eigenvalue weighted by Crippen LogP contribution is -2.23. The molecule has 0 aromatic heterocycles. The number of rotatable bonds is 1. The van der Waals surface area contributed by atoms with Crippen LogP contribution in [-0.4, -0.2) is 12.5 Å². The third-order valence-corrected chi connectivity index (χ3v) is 2.57. The van der Waals surface area contributed by atoms with E-state index in [0.717, 1.165) is 12.8 Å². The van der Waals surface area contributed by atoms with Crippen molar-refractivity contribution in [3.63, 3.8) is 0 Å². The van der Waals surface area contributed by atoms with Gasteiger partial charge in [0.2, 0.25) is 0 Å². The Labute approximate surface area is 93.1 Å².